The molecular formula is C12H13F2N3. The van der Waals surface area contributed by atoms with Gasteiger partial charge in [0, 0.05) is 29.9 Å². The number of rotatable bonds is 4. The number of benzene rings is 1. The molecule has 0 bridgehead atoms. The summed E-state index contributed by atoms with van der Waals surface area (Å²) in [4.78, 5) is 0. The second kappa shape index (κ2) is 5.05. The Morgan fingerprint density at radius 2 is 2.00 bits per heavy atom. The second-order valence-corrected chi connectivity index (χ2v) is 3.86. The van der Waals surface area contributed by atoms with Gasteiger partial charge in [-0.05, 0) is 25.1 Å². The zero-order valence-electron chi connectivity index (χ0n) is 9.43. The topological polar surface area (TPSA) is 40.7 Å². The van der Waals surface area contributed by atoms with Crippen molar-refractivity contribution >= 4 is 0 Å². The van der Waals surface area contributed by atoms with Crippen molar-refractivity contribution in [1.29, 1.82) is 0 Å². The Morgan fingerprint density at radius 1 is 1.24 bits per heavy atom. The van der Waals surface area contributed by atoms with Gasteiger partial charge in [0.05, 0.1) is 6.20 Å². The molecule has 0 radical (unpaired) electrons. The van der Waals surface area contributed by atoms with E-state index in [-0.39, 0.29) is 6.54 Å². The van der Waals surface area contributed by atoms with Gasteiger partial charge in [-0.1, -0.05) is 0 Å². The lowest BCUT2D eigenvalue weighted by molar-refractivity contribution is 0.568. The van der Waals surface area contributed by atoms with Gasteiger partial charge >= 0.3 is 0 Å². The molecule has 0 aliphatic heterocycles. The molecule has 0 amide bonds. The molecule has 2 rings (SSSR count). The number of nitrogens with zero attached hydrogens (tertiary/aromatic N) is 1. The fourth-order valence-corrected chi connectivity index (χ4v) is 1.56. The predicted molar refractivity (Wildman–Crippen MR) is 60.2 cm³/mol. The van der Waals surface area contributed by atoms with Crippen molar-refractivity contribution in [2.75, 3.05) is 0 Å². The number of nitrogens with one attached hydrogen (secondary N) is 2. The lowest BCUT2D eigenvalue weighted by Crippen LogP contribution is -2.14. The zero-order chi connectivity index (χ0) is 12.3. The van der Waals surface area contributed by atoms with Crippen LogP contribution in [0.5, 0.6) is 0 Å². The summed E-state index contributed by atoms with van der Waals surface area (Å²) in [6.45, 7) is 2.76. The van der Waals surface area contributed by atoms with Gasteiger partial charge in [0.2, 0.25) is 0 Å². The van der Waals surface area contributed by atoms with Gasteiger partial charge in [0.25, 0.3) is 0 Å². The normalized spacial score (nSPS) is 10.8. The van der Waals surface area contributed by atoms with Gasteiger partial charge in [-0.25, -0.2) is 8.78 Å². The average Bonchev–Trinajstić information content (AvgIpc) is 2.70. The number of halogens is 2. The molecule has 0 saturated heterocycles. The van der Waals surface area contributed by atoms with Gasteiger partial charge in [-0.3, -0.25) is 5.10 Å². The molecule has 0 saturated carbocycles. The van der Waals surface area contributed by atoms with Crippen LogP contribution in [0, 0.1) is 18.6 Å². The van der Waals surface area contributed by atoms with Crippen LogP contribution in [0.2, 0.25) is 0 Å². The van der Waals surface area contributed by atoms with Crippen molar-refractivity contribution in [3.05, 3.63) is 52.9 Å². The Kier molecular flexibility index (Phi) is 3.49. The molecule has 0 atom stereocenters. The molecule has 0 aliphatic rings. The highest BCUT2D eigenvalue weighted by Gasteiger charge is 2.04. The van der Waals surface area contributed by atoms with E-state index in [1.807, 2.05) is 6.92 Å². The van der Waals surface area contributed by atoms with Crippen molar-refractivity contribution in [1.82, 2.24) is 15.5 Å². The molecule has 5 heteroatoms. The average molecular weight is 237 g/mol. The maximum absolute atomic E-state index is 13.3. The van der Waals surface area contributed by atoms with Crippen LogP contribution in [0.4, 0.5) is 8.78 Å². The summed E-state index contributed by atoms with van der Waals surface area (Å²) in [6, 6.07) is 3.44. The highest BCUT2D eigenvalue weighted by Crippen LogP contribution is 2.10. The molecule has 17 heavy (non-hydrogen) atoms. The monoisotopic (exact) mass is 237 g/mol. The summed E-state index contributed by atoms with van der Waals surface area (Å²) in [5.74, 6) is -0.828. The SMILES string of the molecule is Cc1[nH]ncc1CNCc1cc(F)ccc1F. The van der Waals surface area contributed by atoms with E-state index >= 15 is 0 Å². The highest BCUT2D eigenvalue weighted by molar-refractivity contribution is 5.19. The van der Waals surface area contributed by atoms with Crippen molar-refractivity contribution in [2.24, 2.45) is 0 Å². The summed E-state index contributed by atoms with van der Waals surface area (Å²) in [7, 11) is 0. The van der Waals surface area contributed by atoms with Crippen LogP contribution >= 0.6 is 0 Å². The molecule has 0 unspecified atom stereocenters. The van der Waals surface area contributed by atoms with Crippen LogP contribution < -0.4 is 5.32 Å². The number of hydrogen-bond acceptors (Lipinski definition) is 2. The van der Waals surface area contributed by atoms with Crippen LogP contribution in [0.1, 0.15) is 16.8 Å². The van der Waals surface area contributed by atoms with E-state index in [1.165, 1.54) is 6.07 Å². The lowest BCUT2D eigenvalue weighted by Gasteiger charge is -2.05. The molecule has 2 N–H and O–H groups in total. The van der Waals surface area contributed by atoms with Gasteiger partial charge < -0.3 is 5.32 Å². The Hall–Kier alpha value is -1.75. The molecule has 0 aliphatic carbocycles. The van der Waals surface area contributed by atoms with Crippen molar-refractivity contribution in [3.8, 4) is 0 Å². The van der Waals surface area contributed by atoms with Gasteiger partial charge in [0.15, 0.2) is 0 Å². The van der Waals surface area contributed by atoms with Crippen LogP contribution in [-0.4, -0.2) is 10.2 Å². The molecular weight excluding hydrogens is 224 g/mol. The smallest absolute Gasteiger partial charge is 0.127 e. The third-order valence-electron chi connectivity index (χ3n) is 2.57. The van der Waals surface area contributed by atoms with Crippen LogP contribution in [0.25, 0.3) is 0 Å². The first-order valence-corrected chi connectivity index (χ1v) is 5.30. The standard InChI is InChI=1S/C12H13F2N3/c1-8-10(7-16-17-8)6-15-5-9-4-11(13)2-3-12(9)14/h2-4,7,15H,5-6H2,1H3,(H,16,17). The molecule has 1 aromatic heterocycles. The number of aromatic amines is 1. The maximum atomic E-state index is 13.3. The first kappa shape index (κ1) is 11.7. The summed E-state index contributed by atoms with van der Waals surface area (Å²) < 4.78 is 26.2. The van der Waals surface area contributed by atoms with E-state index in [0.717, 1.165) is 23.4 Å². The summed E-state index contributed by atoms with van der Waals surface area (Å²) >= 11 is 0. The number of aromatic nitrogens is 2. The molecule has 1 aromatic carbocycles. The third-order valence-corrected chi connectivity index (χ3v) is 2.57. The summed E-state index contributed by atoms with van der Waals surface area (Å²) in [5, 5.41) is 9.74. The van der Waals surface area contributed by atoms with Crippen molar-refractivity contribution in [3.63, 3.8) is 0 Å². The predicted octanol–water partition coefficient (Wildman–Crippen LogP) is 2.29. The van der Waals surface area contributed by atoms with Gasteiger partial charge in [0.1, 0.15) is 11.6 Å². The minimum absolute atomic E-state index is 0.286. The Morgan fingerprint density at radius 3 is 2.71 bits per heavy atom. The number of H-pyrrole nitrogens is 1. The first-order valence-electron chi connectivity index (χ1n) is 5.30. The largest absolute Gasteiger partial charge is 0.308 e. The number of hydrogen-bond donors (Lipinski definition) is 2. The van der Waals surface area contributed by atoms with Crippen molar-refractivity contribution < 1.29 is 8.78 Å². The quantitative estimate of drug-likeness (QED) is 0.856. The second-order valence-electron chi connectivity index (χ2n) is 3.86. The Bertz CT molecular complexity index is 508. The van der Waals surface area contributed by atoms with Crippen LogP contribution in [0.15, 0.2) is 24.4 Å². The molecule has 90 valence electrons. The summed E-state index contributed by atoms with van der Waals surface area (Å²) in [6.07, 6.45) is 1.71. The van der Waals surface area contributed by atoms with Gasteiger partial charge in [-0.2, -0.15) is 5.10 Å². The molecule has 0 spiro atoms. The first-order chi connectivity index (χ1) is 8.16. The molecule has 0 fully saturated rings. The van der Waals surface area contributed by atoms with Crippen molar-refractivity contribution in [2.45, 2.75) is 20.0 Å². The van der Waals surface area contributed by atoms with Gasteiger partial charge in [-0.15, -0.1) is 0 Å². The zero-order valence-corrected chi connectivity index (χ0v) is 9.43. The summed E-state index contributed by atoms with van der Waals surface area (Å²) in [5.41, 5.74) is 2.31. The highest BCUT2D eigenvalue weighted by atomic mass is 19.1. The van der Waals surface area contributed by atoms with E-state index < -0.39 is 11.6 Å². The molecule has 1 heterocycles. The fraction of sp³-hybridized carbons (Fsp3) is 0.250. The maximum Gasteiger partial charge on any atom is 0.127 e. The van der Waals surface area contributed by atoms with Crippen LogP contribution in [0.3, 0.4) is 0 Å². The number of aryl methyl sites for hydroxylation is 1. The Labute approximate surface area is 97.9 Å². The Balaban J connectivity index is 1.94. The van der Waals surface area contributed by atoms with E-state index in [1.54, 1.807) is 6.20 Å². The minimum atomic E-state index is -0.428. The van der Waals surface area contributed by atoms with E-state index in [0.29, 0.717) is 12.1 Å². The lowest BCUT2D eigenvalue weighted by atomic mass is 10.2. The third kappa shape index (κ3) is 2.88. The van der Waals surface area contributed by atoms with E-state index in [4.69, 9.17) is 0 Å². The minimum Gasteiger partial charge on any atom is -0.308 e. The van der Waals surface area contributed by atoms with Crippen LogP contribution in [-0.2, 0) is 13.1 Å². The van der Waals surface area contributed by atoms with E-state index in [9.17, 15) is 8.78 Å². The fourth-order valence-electron chi connectivity index (χ4n) is 1.56. The molecule has 2 aromatic rings. The van der Waals surface area contributed by atoms with E-state index in [2.05, 4.69) is 15.5 Å². The molecule has 3 nitrogen and oxygen atoms in total.